The average Bonchev–Trinajstić information content (AvgIpc) is 3.02. The quantitative estimate of drug-likeness (QED) is 0.430. The third kappa shape index (κ3) is 5.38. The zero-order chi connectivity index (χ0) is 28.1. The van der Waals surface area contributed by atoms with Crippen LogP contribution in [0.1, 0.15) is 60.5 Å². The molecular weight excluding hydrogens is 548 g/mol. The number of nitrogens with zero attached hydrogens (tertiary/aromatic N) is 1. The van der Waals surface area contributed by atoms with Gasteiger partial charge in [-0.05, 0) is 97.7 Å². The average molecular weight is 585 g/mol. The van der Waals surface area contributed by atoms with Gasteiger partial charge in [0.1, 0.15) is 5.75 Å². The summed E-state index contributed by atoms with van der Waals surface area (Å²) in [5.74, 6) is 0.112. The zero-order valence-corrected chi connectivity index (χ0v) is 24.4. The van der Waals surface area contributed by atoms with Crippen molar-refractivity contribution in [3.05, 3.63) is 70.3 Å². The molecular formula is C31H37ClN2O5S. The van der Waals surface area contributed by atoms with E-state index in [1.54, 1.807) is 18.2 Å². The Labute approximate surface area is 241 Å². The van der Waals surface area contributed by atoms with Gasteiger partial charge in [-0.2, -0.15) is 0 Å². The highest BCUT2D eigenvalue weighted by atomic mass is 35.5. The maximum atomic E-state index is 13.2. The number of aliphatic hydroxyl groups excluding tert-OH is 1. The fourth-order valence-corrected chi connectivity index (χ4v) is 8.65. The van der Waals surface area contributed by atoms with E-state index in [2.05, 4.69) is 21.8 Å². The van der Waals surface area contributed by atoms with Gasteiger partial charge in [0.05, 0.1) is 24.2 Å². The number of rotatable bonds is 0. The first-order valence-corrected chi connectivity index (χ1v) is 16.4. The Hall–Kier alpha value is -2.55. The molecule has 4 aliphatic rings. The summed E-state index contributed by atoms with van der Waals surface area (Å²) >= 11 is 6.37. The van der Waals surface area contributed by atoms with Crippen LogP contribution in [0, 0.1) is 17.8 Å². The fraction of sp³-hybridized carbons (Fsp3) is 0.516. The molecule has 1 amide bonds. The Kier molecular flexibility index (Phi) is 7.38. The first-order chi connectivity index (χ1) is 19.1. The molecule has 5 atom stereocenters. The molecule has 40 heavy (non-hydrogen) atoms. The lowest BCUT2D eigenvalue weighted by atomic mass is 9.68. The van der Waals surface area contributed by atoms with Crippen LogP contribution in [-0.4, -0.2) is 51.0 Å². The number of ether oxygens (including phenoxy) is 1. The molecule has 2 bridgehead atoms. The smallest absolute Gasteiger partial charge is 0.264 e. The van der Waals surface area contributed by atoms with Gasteiger partial charge in [-0.1, -0.05) is 36.7 Å². The number of allylic oxidation sites excluding steroid dienone is 1. The Balaban J connectivity index is 1.42. The van der Waals surface area contributed by atoms with Crippen LogP contribution in [-0.2, 0) is 21.9 Å². The van der Waals surface area contributed by atoms with Gasteiger partial charge in [0.2, 0.25) is 10.0 Å². The Morgan fingerprint density at radius 1 is 1.18 bits per heavy atom. The first-order valence-electron chi connectivity index (χ1n) is 14.3. The molecule has 2 N–H and O–H groups in total. The molecule has 2 aromatic rings. The summed E-state index contributed by atoms with van der Waals surface area (Å²) in [6.45, 7) is 3.75. The first kappa shape index (κ1) is 27.6. The molecule has 0 aromatic heterocycles. The summed E-state index contributed by atoms with van der Waals surface area (Å²) in [5, 5.41) is 11.8. The summed E-state index contributed by atoms with van der Waals surface area (Å²) in [6.07, 6.45) is 8.59. The van der Waals surface area contributed by atoms with Crippen molar-refractivity contribution in [1.29, 1.82) is 0 Å². The molecule has 6 rings (SSSR count). The molecule has 0 saturated heterocycles. The van der Waals surface area contributed by atoms with Crippen molar-refractivity contribution in [2.45, 2.75) is 57.0 Å². The van der Waals surface area contributed by atoms with Crippen LogP contribution in [0.25, 0.3) is 0 Å². The molecule has 7 nitrogen and oxygen atoms in total. The van der Waals surface area contributed by atoms with Crippen LogP contribution in [0.2, 0.25) is 5.02 Å². The number of aliphatic hydroxyl groups is 1. The summed E-state index contributed by atoms with van der Waals surface area (Å²) in [4.78, 5) is 15.5. The Morgan fingerprint density at radius 3 is 2.83 bits per heavy atom. The highest BCUT2D eigenvalue weighted by Gasteiger charge is 2.44. The maximum absolute atomic E-state index is 13.2. The summed E-state index contributed by atoms with van der Waals surface area (Å²) in [7, 11) is -3.83. The van der Waals surface area contributed by atoms with Gasteiger partial charge in [-0.15, -0.1) is 0 Å². The third-order valence-corrected chi connectivity index (χ3v) is 11.0. The second-order valence-corrected chi connectivity index (χ2v) is 14.5. The molecule has 9 heteroatoms. The Bertz CT molecular complexity index is 1440. The number of halogens is 1. The second kappa shape index (κ2) is 10.7. The van der Waals surface area contributed by atoms with Crippen molar-refractivity contribution in [1.82, 2.24) is 4.72 Å². The summed E-state index contributed by atoms with van der Waals surface area (Å²) in [6, 6.07) is 11.4. The van der Waals surface area contributed by atoms with Crippen LogP contribution in [0.4, 0.5) is 5.69 Å². The van der Waals surface area contributed by atoms with Gasteiger partial charge >= 0.3 is 0 Å². The van der Waals surface area contributed by atoms with Crippen molar-refractivity contribution in [3.8, 4) is 5.75 Å². The van der Waals surface area contributed by atoms with Gasteiger partial charge in [0.15, 0.2) is 0 Å². The van der Waals surface area contributed by atoms with Crippen molar-refractivity contribution in [2.75, 3.05) is 30.3 Å². The summed E-state index contributed by atoms with van der Waals surface area (Å²) in [5.41, 5.74) is 3.34. The number of hydrogen-bond donors (Lipinski definition) is 2. The van der Waals surface area contributed by atoms with E-state index in [1.165, 1.54) is 11.1 Å². The number of sulfonamides is 1. The standard InChI is InChI=1S/C31H37ClN2O5S/c1-20-4-2-6-28(35)25-10-7-23(25)16-34-18-31(13-3-5-21-14-24(32)9-11-26(21)31)19-39-29-12-8-22(15-27(29)34)30(36)33-40(37,38)17-20/h2,6,8-9,11-12,14-15,20,23,25,28,35H,3-5,7,10,13,16-19H2,1H3,(H,33,36)/b6-2+/t20-,23-,25+,28-,31-/m0/s1. The van der Waals surface area contributed by atoms with Crippen LogP contribution < -0.4 is 14.4 Å². The number of amides is 1. The van der Waals surface area contributed by atoms with Crippen molar-refractivity contribution < 1.29 is 23.1 Å². The molecule has 1 spiro atoms. The van der Waals surface area contributed by atoms with Crippen molar-refractivity contribution in [3.63, 3.8) is 0 Å². The topological polar surface area (TPSA) is 95.9 Å². The number of hydrogen-bond acceptors (Lipinski definition) is 6. The minimum atomic E-state index is -3.83. The van der Waals surface area contributed by atoms with Gasteiger partial charge < -0.3 is 14.7 Å². The number of benzene rings is 2. The number of nitrogens with one attached hydrogen (secondary N) is 1. The van der Waals surface area contributed by atoms with E-state index in [0.29, 0.717) is 31.2 Å². The molecule has 1 fully saturated rings. The van der Waals surface area contributed by atoms with Crippen LogP contribution in [0.3, 0.4) is 0 Å². The lowest BCUT2D eigenvalue weighted by molar-refractivity contribution is 0.0456. The van der Waals surface area contributed by atoms with Crippen LogP contribution >= 0.6 is 11.6 Å². The predicted octanol–water partition coefficient (Wildman–Crippen LogP) is 4.86. The van der Waals surface area contributed by atoms with E-state index in [1.807, 2.05) is 25.1 Å². The molecule has 1 saturated carbocycles. The van der Waals surface area contributed by atoms with E-state index < -0.39 is 22.0 Å². The lowest BCUT2D eigenvalue weighted by Gasteiger charge is -2.45. The minimum Gasteiger partial charge on any atom is -0.490 e. The van der Waals surface area contributed by atoms with E-state index in [0.717, 1.165) is 49.4 Å². The number of carbonyl (C=O) groups is 1. The van der Waals surface area contributed by atoms with Gasteiger partial charge in [-0.3, -0.25) is 4.79 Å². The predicted molar refractivity (Wildman–Crippen MR) is 157 cm³/mol. The molecule has 214 valence electrons. The molecule has 0 radical (unpaired) electrons. The Morgan fingerprint density at radius 2 is 2.02 bits per heavy atom. The molecule has 2 aliphatic heterocycles. The summed E-state index contributed by atoms with van der Waals surface area (Å²) < 4.78 is 34.4. The number of anilines is 1. The second-order valence-electron chi connectivity index (χ2n) is 12.3. The van der Waals surface area contributed by atoms with E-state index >= 15 is 0 Å². The number of fused-ring (bicyclic) bond motifs is 4. The van der Waals surface area contributed by atoms with Crippen molar-refractivity contribution >= 4 is 33.2 Å². The molecule has 0 unspecified atom stereocenters. The van der Waals surface area contributed by atoms with Gasteiger partial charge in [0, 0.05) is 29.1 Å². The molecule has 2 aromatic carbocycles. The highest BCUT2D eigenvalue weighted by Crippen LogP contribution is 2.46. The lowest BCUT2D eigenvalue weighted by Crippen LogP contribution is -2.49. The number of aryl methyl sites for hydroxylation is 1. The highest BCUT2D eigenvalue weighted by molar-refractivity contribution is 7.90. The van der Waals surface area contributed by atoms with Crippen LogP contribution in [0.5, 0.6) is 5.75 Å². The third-order valence-electron chi connectivity index (χ3n) is 9.29. The zero-order valence-electron chi connectivity index (χ0n) is 22.8. The van der Waals surface area contributed by atoms with Crippen molar-refractivity contribution in [2.24, 2.45) is 17.8 Å². The number of carbonyl (C=O) groups excluding carboxylic acids is 1. The van der Waals surface area contributed by atoms with Gasteiger partial charge in [0.25, 0.3) is 5.91 Å². The van der Waals surface area contributed by atoms with E-state index in [9.17, 15) is 18.3 Å². The maximum Gasteiger partial charge on any atom is 0.264 e. The largest absolute Gasteiger partial charge is 0.490 e. The minimum absolute atomic E-state index is 0.135. The fourth-order valence-electron chi connectivity index (χ4n) is 7.09. The van der Waals surface area contributed by atoms with Gasteiger partial charge in [-0.25, -0.2) is 13.1 Å². The monoisotopic (exact) mass is 584 g/mol. The molecule has 2 aliphatic carbocycles. The normalized spacial score (nSPS) is 32.5. The van der Waals surface area contributed by atoms with Crippen LogP contribution in [0.15, 0.2) is 48.6 Å². The van der Waals surface area contributed by atoms with E-state index in [-0.39, 0.29) is 28.6 Å². The molecule has 2 heterocycles. The SMILES string of the molecule is C[C@H]1C/C=C/[C@H](O)[C@@H]2CC[C@H]2CN2C[C@@]3(CCCc4cc(Cl)ccc43)COc3ccc(cc32)C(=O)NS(=O)(=O)C1. The van der Waals surface area contributed by atoms with E-state index in [4.69, 9.17) is 16.3 Å².